The van der Waals surface area contributed by atoms with Crippen molar-refractivity contribution in [1.29, 1.82) is 0 Å². The number of carbonyl (C=O) groups excluding carboxylic acids is 1. The number of halogens is 1. The van der Waals surface area contributed by atoms with E-state index < -0.39 is 0 Å². The SMILES string of the molecule is O=C(CCCCCCBr)NOC1CCCCO1. The van der Waals surface area contributed by atoms with Crippen LogP contribution in [-0.4, -0.2) is 24.1 Å². The lowest BCUT2D eigenvalue weighted by atomic mass is 10.1. The number of amides is 1. The molecule has 1 aliphatic rings. The van der Waals surface area contributed by atoms with E-state index in [9.17, 15) is 4.79 Å². The second kappa shape index (κ2) is 9.85. The van der Waals surface area contributed by atoms with Crippen molar-refractivity contribution in [3.8, 4) is 0 Å². The number of unbranched alkanes of at least 4 members (excludes halogenated alkanes) is 3. The predicted molar refractivity (Wildman–Crippen MR) is 69.7 cm³/mol. The van der Waals surface area contributed by atoms with Gasteiger partial charge in [0.25, 0.3) is 0 Å². The molecule has 1 heterocycles. The van der Waals surface area contributed by atoms with Crippen molar-refractivity contribution in [2.24, 2.45) is 0 Å². The lowest BCUT2D eigenvalue weighted by Gasteiger charge is -2.22. The van der Waals surface area contributed by atoms with Gasteiger partial charge in [0.2, 0.25) is 5.91 Å². The minimum absolute atomic E-state index is 0.0435. The molecule has 1 fully saturated rings. The minimum Gasteiger partial charge on any atom is -0.350 e. The van der Waals surface area contributed by atoms with Crippen molar-refractivity contribution in [3.05, 3.63) is 0 Å². The largest absolute Gasteiger partial charge is 0.350 e. The first kappa shape index (κ1) is 14.9. The predicted octanol–water partition coefficient (Wildman–Crippen LogP) is 2.91. The van der Waals surface area contributed by atoms with Crippen LogP contribution in [0.5, 0.6) is 0 Å². The molecule has 1 amide bonds. The molecule has 0 radical (unpaired) electrons. The number of rotatable bonds is 8. The summed E-state index contributed by atoms with van der Waals surface area (Å²) in [6, 6.07) is 0. The minimum atomic E-state index is -0.249. The van der Waals surface area contributed by atoms with Crippen LogP contribution in [0.4, 0.5) is 0 Å². The molecule has 0 bridgehead atoms. The summed E-state index contributed by atoms with van der Waals surface area (Å²) >= 11 is 3.39. The second-order valence-electron chi connectivity index (χ2n) is 4.29. The first-order chi connectivity index (χ1) is 8.33. The van der Waals surface area contributed by atoms with Gasteiger partial charge in [-0.25, -0.2) is 10.3 Å². The lowest BCUT2D eigenvalue weighted by molar-refractivity contribution is -0.200. The maximum atomic E-state index is 11.4. The van der Waals surface area contributed by atoms with Gasteiger partial charge >= 0.3 is 0 Å². The van der Waals surface area contributed by atoms with Crippen molar-refractivity contribution in [2.45, 2.75) is 57.7 Å². The maximum absolute atomic E-state index is 11.4. The van der Waals surface area contributed by atoms with E-state index in [0.717, 1.165) is 44.0 Å². The summed E-state index contributed by atoms with van der Waals surface area (Å²) in [5.74, 6) is -0.0435. The maximum Gasteiger partial charge on any atom is 0.243 e. The number of alkyl halides is 1. The first-order valence-electron chi connectivity index (χ1n) is 6.45. The molecule has 1 unspecified atom stereocenters. The molecule has 1 N–H and O–H groups in total. The van der Waals surface area contributed by atoms with Gasteiger partial charge in [-0.3, -0.25) is 4.79 Å². The summed E-state index contributed by atoms with van der Waals surface area (Å²) in [5, 5.41) is 1.04. The van der Waals surface area contributed by atoms with E-state index in [0.29, 0.717) is 6.42 Å². The molecule has 0 spiro atoms. The Morgan fingerprint density at radius 2 is 2.12 bits per heavy atom. The number of nitrogens with one attached hydrogen (secondary N) is 1. The highest BCUT2D eigenvalue weighted by atomic mass is 79.9. The van der Waals surface area contributed by atoms with Crippen LogP contribution < -0.4 is 5.48 Å². The first-order valence-corrected chi connectivity index (χ1v) is 7.57. The highest BCUT2D eigenvalue weighted by molar-refractivity contribution is 9.09. The normalized spacial score (nSPS) is 20.2. The van der Waals surface area contributed by atoms with E-state index in [1.165, 1.54) is 12.8 Å². The molecule has 0 aromatic heterocycles. The highest BCUT2D eigenvalue weighted by Gasteiger charge is 2.15. The van der Waals surface area contributed by atoms with Gasteiger partial charge in [0.1, 0.15) is 0 Å². The van der Waals surface area contributed by atoms with Crippen LogP contribution in [0.15, 0.2) is 0 Å². The molecule has 1 rings (SSSR count). The van der Waals surface area contributed by atoms with E-state index >= 15 is 0 Å². The van der Waals surface area contributed by atoms with Gasteiger partial charge < -0.3 is 4.74 Å². The zero-order valence-corrected chi connectivity index (χ0v) is 11.8. The average Bonchev–Trinajstić information content (AvgIpc) is 2.37. The number of hydrogen-bond donors (Lipinski definition) is 1. The smallest absolute Gasteiger partial charge is 0.243 e. The number of hydrogen-bond acceptors (Lipinski definition) is 3. The summed E-state index contributed by atoms with van der Waals surface area (Å²) in [6.07, 6.45) is 7.71. The molecule has 1 atom stereocenters. The Hall–Kier alpha value is -0.130. The molecule has 5 heteroatoms. The third-order valence-electron chi connectivity index (χ3n) is 2.73. The fourth-order valence-electron chi connectivity index (χ4n) is 1.72. The molecular weight excluding hydrogens is 286 g/mol. The van der Waals surface area contributed by atoms with Crippen LogP contribution in [0.25, 0.3) is 0 Å². The van der Waals surface area contributed by atoms with Crippen molar-refractivity contribution in [2.75, 3.05) is 11.9 Å². The molecule has 0 aromatic rings. The molecule has 0 saturated carbocycles. The quantitative estimate of drug-likeness (QED) is 0.426. The average molecular weight is 308 g/mol. The molecule has 0 aromatic carbocycles. The van der Waals surface area contributed by atoms with E-state index in [1.54, 1.807) is 0 Å². The number of ether oxygens (including phenoxy) is 1. The van der Waals surface area contributed by atoms with E-state index in [1.807, 2.05) is 0 Å². The number of hydroxylamine groups is 1. The van der Waals surface area contributed by atoms with Gasteiger partial charge in [-0.1, -0.05) is 28.8 Å². The Kier molecular flexibility index (Phi) is 8.65. The Morgan fingerprint density at radius 3 is 2.82 bits per heavy atom. The van der Waals surface area contributed by atoms with Crippen molar-refractivity contribution < 1.29 is 14.4 Å². The Morgan fingerprint density at radius 1 is 1.29 bits per heavy atom. The van der Waals surface area contributed by atoms with Gasteiger partial charge in [-0.15, -0.1) is 0 Å². The second-order valence-corrected chi connectivity index (χ2v) is 5.09. The summed E-state index contributed by atoms with van der Waals surface area (Å²) in [4.78, 5) is 16.6. The molecule has 1 saturated heterocycles. The van der Waals surface area contributed by atoms with Crippen LogP contribution in [0, 0.1) is 0 Å². The van der Waals surface area contributed by atoms with Crippen LogP contribution in [0.1, 0.15) is 51.4 Å². The zero-order chi connectivity index (χ0) is 12.3. The Labute approximate surface area is 112 Å². The van der Waals surface area contributed by atoms with Crippen molar-refractivity contribution in [1.82, 2.24) is 5.48 Å². The van der Waals surface area contributed by atoms with Crippen LogP contribution in [-0.2, 0) is 14.4 Å². The molecule has 0 aliphatic carbocycles. The fraction of sp³-hybridized carbons (Fsp3) is 0.917. The van der Waals surface area contributed by atoms with Crippen LogP contribution in [0.3, 0.4) is 0 Å². The van der Waals surface area contributed by atoms with Gasteiger partial charge in [0, 0.05) is 24.8 Å². The highest BCUT2D eigenvalue weighted by Crippen LogP contribution is 2.12. The van der Waals surface area contributed by atoms with Crippen molar-refractivity contribution in [3.63, 3.8) is 0 Å². The molecular formula is C12H22BrNO3. The summed E-state index contributed by atoms with van der Waals surface area (Å²) in [6.45, 7) is 0.729. The van der Waals surface area contributed by atoms with Gasteiger partial charge in [-0.2, -0.15) is 0 Å². The lowest BCUT2D eigenvalue weighted by Crippen LogP contribution is -2.32. The van der Waals surface area contributed by atoms with E-state index in [2.05, 4.69) is 21.4 Å². The Bertz CT molecular complexity index is 208. The monoisotopic (exact) mass is 307 g/mol. The van der Waals surface area contributed by atoms with E-state index in [4.69, 9.17) is 9.57 Å². The Balaban J connectivity index is 1.93. The van der Waals surface area contributed by atoms with Crippen LogP contribution in [0.2, 0.25) is 0 Å². The molecule has 4 nitrogen and oxygen atoms in total. The standard InChI is InChI=1S/C12H22BrNO3/c13-9-5-2-1-3-7-11(15)14-17-12-8-4-6-10-16-12/h12H,1-10H2,(H,14,15). The number of carbonyl (C=O) groups is 1. The third kappa shape index (κ3) is 7.73. The molecule has 100 valence electrons. The fourth-order valence-corrected chi connectivity index (χ4v) is 2.12. The van der Waals surface area contributed by atoms with E-state index in [-0.39, 0.29) is 12.2 Å². The molecule has 1 aliphatic heterocycles. The van der Waals surface area contributed by atoms with Crippen molar-refractivity contribution >= 4 is 21.8 Å². The van der Waals surface area contributed by atoms with Gasteiger partial charge in [0.15, 0.2) is 6.29 Å². The molecule has 17 heavy (non-hydrogen) atoms. The topological polar surface area (TPSA) is 47.6 Å². The van der Waals surface area contributed by atoms with Gasteiger partial charge in [0.05, 0.1) is 0 Å². The zero-order valence-electron chi connectivity index (χ0n) is 10.3. The van der Waals surface area contributed by atoms with Gasteiger partial charge in [-0.05, 0) is 25.7 Å². The summed E-state index contributed by atoms with van der Waals surface area (Å²) in [5.41, 5.74) is 2.47. The third-order valence-corrected chi connectivity index (χ3v) is 3.29. The van der Waals surface area contributed by atoms with Crippen LogP contribution >= 0.6 is 15.9 Å². The summed E-state index contributed by atoms with van der Waals surface area (Å²) in [7, 11) is 0. The summed E-state index contributed by atoms with van der Waals surface area (Å²) < 4.78 is 5.34.